The molecule has 0 amide bonds. The summed E-state index contributed by atoms with van der Waals surface area (Å²) in [5.74, 6) is 0.154. The number of ketones is 1. The first-order chi connectivity index (χ1) is 7.02. The Kier molecular flexibility index (Phi) is 4.24. The molecule has 0 aromatic heterocycles. The summed E-state index contributed by atoms with van der Waals surface area (Å²) in [6.45, 7) is 5.24. The van der Waals surface area contributed by atoms with Gasteiger partial charge in [0.25, 0.3) is 10.2 Å². The van der Waals surface area contributed by atoms with Crippen LogP contribution in [0.2, 0.25) is 0 Å². The van der Waals surface area contributed by atoms with Crippen LogP contribution in [0.1, 0.15) is 26.7 Å². The maximum atomic E-state index is 12.0. The maximum absolute atomic E-state index is 12.0. The molecule has 88 valence electrons. The van der Waals surface area contributed by atoms with Gasteiger partial charge in [-0.15, -0.1) is 0 Å². The van der Waals surface area contributed by atoms with E-state index in [2.05, 4.69) is 0 Å². The van der Waals surface area contributed by atoms with Crippen molar-refractivity contribution in [2.75, 3.05) is 26.2 Å². The number of nitrogens with zero attached hydrogens (tertiary/aromatic N) is 2. The Labute approximate surface area is 91.2 Å². The standard InChI is InChI=1S/C9H18N2O3S/c1-3-10(4-2)15(13,14)11-7-5-9(12)6-8-11/h3-8H2,1-2H3. The summed E-state index contributed by atoms with van der Waals surface area (Å²) in [6.07, 6.45) is 0.695. The number of hydrogen-bond acceptors (Lipinski definition) is 3. The average molecular weight is 234 g/mol. The summed E-state index contributed by atoms with van der Waals surface area (Å²) in [5.41, 5.74) is 0. The number of carbonyl (C=O) groups is 1. The first kappa shape index (κ1) is 12.6. The second kappa shape index (κ2) is 5.05. The fraction of sp³-hybridized carbons (Fsp3) is 0.889. The second-order valence-electron chi connectivity index (χ2n) is 3.53. The minimum Gasteiger partial charge on any atom is -0.300 e. The molecule has 0 saturated carbocycles. The molecule has 1 fully saturated rings. The van der Waals surface area contributed by atoms with Crippen molar-refractivity contribution in [3.63, 3.8) is 0 Å². The third-order valence-electron chi connectivity index (χ3n) is 2.64. The van der Waals surface area contributed by atoms with Crippen LogP contribution in [0.15, 0.2) is 0 Å². The highest BCUT2D eigenvalue weighted by Gasteiger charge is 2.30. The van der Waals surface area contributed by atoms with Crippen molar-refractivity contribution >= 4 is 16.0 Å². The van der Waals surface area contributed by atoms with E-state index in [4.69, 9.17) is 0 Å². The largest absolute Gasteiger partial charge is 0.300 e. The van der Waals surface area contributed by atoms with Crippen LogP contribution in [-0.2, 0) is 15.0 Å². The smallest absolute Gasteiger partial charge is 0.281 e. The van der Waals surface area contributed by atoms with Crippen molar-refractivity contribution in [2.45, 2.75) is 26.7 Å². The van der Waals surface area contributed by atoms with Gasteiger partial charge in [0.05, 0.1) is 0 Å². The predicted molar refractivity (Wildman–Crippen MR) is 57.7 cm³/mol. The zero-order valence-electron chi connectivity index (χ0n) is 9.27. The first-order valence-corrected chi connectivity index (χ1v) is 6.69. The van der Waals surface area contributed by atoms with E-state index >= 15 is 0 Å². The van der Waals surface area contributed by atoms with Gasteiger partial charge in [-0.25, -0.2) is 0 Å². The van der Waals surface area contributed by atoms with Crippen molar-refractivity contribution in [3.05, 3.63) is 0 Å². The van der Waals surface area contributed by atoms with Gasteiger partial charge in [-0.3, -0.25) is 4.79 Å². The maximum Gasteiger partial charge on any atom is 0.281 e. The van der Waals surface area contributed by atoms with Crippen LogP contribution >= 0.6 is 0 Å². The van der Waals surface area contributed by atoms with E-state index in [1.165, 1.54) is 8.61 Å². The van der Waals surface area contributed by atoms with Gasteiger partial charge in [0.2, 0.25) is 0 Å². The Bertz CT molecular complexity index is 312. The molecule has 1 rings (SSSR count). The quantitative estimate of drug-likeness (QED) is 0.700. The molecule has 0 radical (unpaired) electrons. The molecular weight excluding hydrogens is 216 g/mol. The fourth-order valence-corrected chi connectivity index (χ4v) is 3.30. The molecular formula is C9H18N2O3S. The molecule has 0 atom stereocenters. The van der Waals surface area contributed by atoms with Crippen LogP contribution in [0.25, 0.3) is 0 Å². The van der Waals surface area contributed by atoms with Crippen LogP contribution in [0.4, 0.5) is 0 Å². The lowest BCUT2D eigenvalue weighted by Gasteiger charge is -2.30. The molecule has 0 unspecified atom stereocenters. The van der Waals surface area contributed by atoms with Crippen molar-refractivity contribution in [1.29, 1.82) is 0 Å². The van der Waals surface area contributed by atoms with Crippen molar-refractivity contribution in [3.8, 4) is 0 Å². The first-order valence-electron chi connectivity index (χ1n) is 5.29. The zero-order chi connectivity index (χ0) is 11.5. The monoisotopic (exact) mass is 234 g/mol. The van der Waals surface area contributed by atoms with E-state index in [-0.39, 0.29) is 5.78 Å². The Hall–Kier alpha value is -0.460. The van der Waals surface area contributed by atoms with Crippen molar-refractivity contribution in [2.24, 2.45) is 0 Å². The van der Waals surface area contributed by atoms with E-state index in [1.54, 1.807) is 0 Å². The molecule has 5 nitrogen and oxygen atoms in total. The molecule has 15 heavy (non-hydrogen) atoms. The van der Waals surface area contributed by atoms with Crippen LogP contribution in [-0.4, -0.2) is 49.0 Å². The van der Waals surface area contributed by atoms with Crippen LogP contribution in [0.3, 0.4) is 0 Å². The average Bonchev–Trinajstić information content (AvgIpc) is 2.19. The van der Waals surface area contributed by atoms with E-state index < -0.39 is 10.2 Å². The molecule has 0 bridgehead atoms. The zero-order valence-corrected chi connectivity index (χ0v) is 10.1. The lowest BCUT2D eigenvalue weighted by Crippen LogP contribution is -2.47. The summed E-state index contributed by atoms with van der Waals surface area (Å²) >= 11 is 0. The Morgan fingerprint density at radius 2 is 1.67 bits per heavy atom. The normalized spacial score (nSPS) is 19.8. The van der Waals surface area contributed by atoms with Crippen molar-refractivity contribution in [1.82, 2.24) is 8.61 Å². The van der Waals surface area contributed by atoms with Crippen molar-refractivity contribution < 1.29 is 13.2 Å². The lowest BCUT2D eigenvalue weighted by atomic mass is 10.1. The third kappa shape index (κ3) is 2.76. The third-order valence-corrected chi connectivity index (χ3v) is 4.82. The van der Waals surface area contributed by atoms with E-state index in [9.17, 15) is 13.2 Å². The predicted octanol–water partition coefficient (Wildman–Crippen LogP) is 0.238. The van der Waals surface area contributed by atoms with Crippen LogP contribution in [0.5, 0.6) is 0 Å². The SMILES string of the molecule is CCN(CC)S(=O)(=O)N1CCC(=O)CC1. The molecule has 0 spiro atoms. The van der Waals surface area contributed by atoms with Gasteiger partial charge < -0.3 is 0 Å². The van der Waals surface area contributed by atoms with E-state index in [0.717, 1.165) is 0 Å². The topological polar surface area (TPSA) is 57.7 Å². The molecule has 0 aromatic rings. The van der Waals surface area contributed by atoms with Gasteiger partial charge in [-0.2, -0.15) is 17.0 Å². The van der Waals surface area contributed by atoms with Crippen LogP contribution < -0.4 is 0 Å². The molecule has 1 aliphatic rings. The molecule has 1 saturated heterocycles. The highest BCUT2D eigenvalue weighted by atomic mass is 32.2. The van der Waals surface area contributed by atoms with E-state index in [1.807, 2.05) is 13.8 Å². The summed E-state index contributed by atoms with van der Waals surface area (Å²) in [5, 5.41) is 0. The number of carbonyl (C=O) groups excluding carboxylic acids is 1. The van der Waals surface area contributed by atoms with Gasteiger partial charge in [-0.05, 0) is 0 Å². The number of Topliss-reactive ketones (excluding diaryl/α,β-unsaturated/α-hetero) is 1. The minimum absolute atomic E-state index is 0.154. The molecule has 0 N–H and O–H groups in total. The number of piperidine rings is 1. The van der Waals surface area contributed by atoms with Gasteiger partial charge in [0.15, 0.2) is 0 Å². The van der Waals surface area contributed by atoms with Gasteiger partial charge in [0, 0.05) is 39.0 Å². The summed E-state index contributed by atoms with van der Waals surface area (Å²) < 4.78 is 26.8. The molecule has 6 heteroatoms. The Morgan fingerprint density at radius 1 is 1.20 bits per heavy atom. The Balaban J connectivity index is 2.73. The summed E-state index contributed by atoms with van der Waals surface area (Å²) in [6, 6.07) is 0. The minimum atomic E-state index is -3.33. The summed E-state index contributed by atoms with van der Waals surface area (Å²) in [4.78, 5) is 11.0. The highest BCUT2D eigenvalue weighted by Crippen LogP contribution is 2.14. The molecule has 0 aliphatic carbocycles. The van der Waals surface area contributed by atoms with Gasteiger partial charge in [-0.1, -0.05) is 13.8 Å². The number of hydrogen-bond donors (Lipinski definition) is 0. The van der Waals surface area contributed by atoms with Gasteiger partial charge in [0.1, 0.15) is 5.78 Å². The van der Waals surface area contributed by atoms with Gasteiger partial charge >= 0.3 is 0 Å². The lowest BCUT2D eigenvalue weighted by molar-refractivity contribution is -0.120. The molecule has 0 aromatic carbocycles. The summed E-state index contributed by atoms with van der Waals surface area (Å²) in [7, 11) is -3.33. The number of rotatable bonds is 4. The molecule has 1 aliphatic heterocycles. The highest BCUT2D eigenvalue weighted by molar-refractivity contribution is 7.86. The Morgan fingerprint density at radius 3 is 2.07 bits per heavy atom. The second-order valence-corrected chi connectivity index (χ2v) is 5.46. The van der Waals surface area contributed by atoms with Crippen LogP contribution in [0, 0.1) is 0 Å². The van der Waals surface area contributed by atoms with E-state index in [0.29, 0.717) is 39.0 Å². The fourth-order valence-electron chi connectivity index (χ4n) is 1.68. The molecule has 1 heterocycles.